The summed E-state index contributed by atoms with van der Waals surface area (Å²) in [6, 6.07) is 8.69. The quantitative estimate of drug-likeness (QED) is 0.465. The second kappa shape index (κ2) is 9.17. The van der Waals surface area contributed by atoms with Crippen LogP contribution in [0.1, 0.15) is 37.3 Å². The van der Waals surface area contributed by atoms with Crippen LogP contribution in [0.3, 0.4) is 0 Å². The van der Waals surface area contributed by atoms with E-state index in [4.69, 9.17) is 9.47 Å². The van der Waals surface area contributed by atoms with Gasteiger partial charge in [-0.2, -0.15) is 0 Å². The molecule has 4 rings (SSSR count). The zero-order valence-electron chi connectivity index (χ0n) is 17.9. The number of thiophene rings is 1. The van der Waals surface area contributed by atoms with Crippen LogP contribution in [-0.4, -0.2) is 23.8 Å². The van der Waals surface area contributed by atoms with E-state index in [2.05, 4.69) is 20.9 Å². The monoisotopic (exact) mass is 532 g/mol. The minimum atomic E-state index is -0.726. The second-order valence-electron chi connectivity index (χ2n) is 7.44. The first-order valence-corrected chi connectivity index (χ1v) is 12.4. The normalized spacial score (nSPS) is 16.2. The molecule has 0 N–H and O–H groups in total. The molecule has 0 spiro atoms. The lowest BCUT2D eigenvalue weighted by molar-refractivity contribution is -0.143. The van der Waals surface area contributed by atoms with Crippen LogP contribution in [0.4, 0.5) is 0 Å². The number of nitrogens with zero attached hydrogens (tertiary/aromatic N) is 2. The molecule has 0 amide bonds. The van der Waals surface area contributed by atoms with Gasteiger partial charge in [-0.3, -0.25) is 9.36 Å². The van der Waals surface area contributed by atoms with Crippen LogP contribution in [0.15, 0.2) is 61.2 Å². The maximum absolute atomic E-state index is 13.6. The summed E-state index contributed by atoms with van der Waals surface area (Å²) in [6.07, 6.45) is 1.55. The Labute approximate surface area is 201 Å². The second-order valence-corrected chi connectivity index (χ2v) is 10.3. The van der Waals surface area contributed by atoms with Crippen molar-refractivity contribution in [2.75, 3.05) is 7.11 Å². The van der Waals surface area contributed by atoms with Gasteiger partial charge in [0.1, 0.15) is 11.8 Å². The molecule has 0 bridgehead atoms. The zero-order valence-corrected chi connectivity index (χ0v) is 21.1. The number of benzene rings is 1. The van der Waals surface area contributed by atoms with Gasteiger partial charge in [0.15, 0.2) is 4.80 Å². The van der Waals surface area contributed by atoms with Crippen LogP contribution in [0, 0.1) is 0 Å². The molecule has 32 heavy (non-hydrogen) atoms. The van der Waals surface area contributed by atoms with Gasteiger partial charge in [-0.25, -0.2) is 9.79 Å². The average molecular weight is 533 g/mol. The van der Waals surface area contributed by atoms with E-state index in [1.54, 1.807) is 43.8 Å². The summed E-state index contributed by atoms with van der Waals surface area (Å²) in [4.78, 5) is 32.8. The van der Waals surface area contributed by atoms with Crippen molar-refractivity contribution in [1.29, 1.82) is 0 Å². The number of thiazole rings is 1. The first kappa shape index (κ1) is 22.7. The molecule has 9 heteroatoms. The Balaban J connectivity index is 2.02. The van der Waals surface area contributed by atoms with Gasteiger partial charge in [-0.05, 0) is 56.5 Å². The smallest absolute Gasteiger partial charge is 0.338 e. The maximum atomic E-state index is 13.6. The molecule has 2 aromatic heterocycles. The van der Waals surface area contributed by atoms with Crippen LogP contribution in [0.25, 0.3) is 6.08 Å². The van der Waals surface area contributed by atoms with E-state index in [1.165, 1.54) is 11.3 Å². The highest BCUT2D eigenvalue weighted by Gasteiger charge is 2.35. The number of rotatable bonds is 5. The summed E-state index contributed by atoms with van der Waals surface area (Å²) in [7, 11) is 1.57. The number of hydrogen-bond donors (Lipinski definition) is 0. The van der Waals surface area contributed by atoms with Gasteiger partial charge in [0.05, 0.1) is 29.0 Å². The number of allylic oxidation sites excluding steroid dienone is 1. The van der Waals surface area contributed by atoms with Crippen molar-refractivity contribution in [3.8, 4) is 5.75 Å². The van der Waals surface area contributed by atoms with Gasteiger partial charge in [0, 0.05) is 14.9 Å². The molecule has 3 aromatic rings. The summed E-state index contributed by atoms with van der Waals surface area (Å²) < 4.78 is 14.1. The van der Waals surface area contributed by atoms with Crippen LogP contribution >= 0.6 is 38.6 Å². The third kappa shape index (κ3) is 4.24. The number of carbonyl (C=O) groups excluding carboxylic acids is 1. The topological polar surface area (TPSA) is 69.9 Å². The van der Waals surface area contributed by atoms with Gasteiger partial charge < -0.3 is 9.47 Å². The Hall–Kier alpha value is -2.49. The fourth-order valence-corrected chi connectivity index (χ4v) is 5.72. The largest absolute Gasteiger partial charge is 0.496 e. The highest BCUT2D eigenvalue weighted by Crippen LogP contribution is 2.37. The standard InChI is InChI=1S/C23H21BrN2O4S2/c1-12(2)30-22(28)19-13(3)25-23-26(20(19)16-10-14(24)7-8-17(16)29-4)21(27)18(32-23)11-15-6-5-9-31-15/h5-12,20H,1-4H3/b18-11-/t20-/m0/s1. The lowest BCUT2D eigenvalue weighted by Crippen LogP contribution is -2.40. The van der Waals surface area contributed by atoms with Crippen molar-refractivity contribution in [1.82, 2.24) is 4.57 Å². The fraction of sp³-hybridized carbons (Fsp3) is 0.261. The van der Waals surface area contributed by atoms with Gasteiger partial charge in [0.2, 0.25) is 0 Å². The number of fused-ring (bicyclic) bond motifs is 1. The number of carbonyl (C=O) groups is 1. The Kier molecular flexibility index (Phi) is 6.50. The molecule has 0 fully saturated rings. The molecule has 1 aliphatic heterocycles. The molecule has 1 aliphatic rings. The van der Waals surface area contributed by atoms with Gasteiger partial charge >= 0.3 is 5.97 Å². The van der Waals surface area contributed by atoms with E-state index in [9.17, 15) is 9.59 Å². The third-order valence-electron chi connectivity index (χ3n) is 4.89. The van der Waals surface area contributed by atoms with Crippen molar-refractivity contribution < 1.29 is 14.3 Å². The Morgan fingerprint density at radius 1 is 1.31 bits per heavy atom. The average Bonchev–Trinajstić information content (AvgIpc) is 3.35. The van der Waals surface area contributed by atoms with Gasteiger partial charge in [-0.1, -0.05) is 33.3 Å². The SMILES string of the molecule is COc1ccc(Br)cc1[C@H]1C(C(=O)OC(C)C)=C(C)N=c2s/c(=C\c3cccs3)c(=O)n21. The molecule has 0 unspecified atom stereocenters. The van der Waals surface area contributed by atoms with Crippen molar-refractivity contribution in [3.63, 3.8) is 0 Å². The third-order valence-corrected chi connectivity index (χ3v) is 7.18. The van der Waals surface area contributed by atoms with E-state index in [0.29, 0.717) is 31.9 Å². The Bertz CT molecular complexity index is 1380. The number of hydrogen-bond acceptors (Lipinski definition) is 7. The number of ether oxygens (including phenoxy) is 2. The summed E-state index contributed by atoms with van der Waals surface area (Å²) in [5, 5.41) is 1.96. The van der Waals surface area contributed by atoms with Crippen molar-refractivity contribution >= 4 is 50.6 Å². The molecule has 166 valence electrons. The number of methoxy groups -OCH3 is 1. The number of aromatic nitrogens is 1. The molecule has 3 heterocycles. The lowest BCUT2D eigenvalue weighted by Gasteiger charge is -2.26. The van der Waals surface area contributed by atoms with Crippen LogP contribution in [0.5, 0.6) is 5.75 Å². The summed E-state index contributed by atoms with van der Waals surface area (Å²) >= 11 is 6.36. The molecular formula is C23H21BrN2O4S2. The molecule has 0 aliphatic carbocycles. The maximum Gasteiger partial charge on any atom is 0.338 e. The van der Waals surface area contributed by atoms with E-state index in [0.717, 1.165) is 9.35 Å². The molecule has 6 nitrogen and oxygen atoms in total. The van der Waals surface area contributed by atoms with Crippen molar-refractivity contribution in [2.45, 2.75) is 32.9 Å². The predicted molar refractivity (Wildman–Crippen MR) is 130 cm³/mol. The number of esters is 1. The Morgan fingerprint density at radius 2 is 2.09 bits per heavy atom. The van der Waals surface area contributed by atoms with E-state index in [1.807, 2.05) is 41.8 Å². The summed E-state index contributed by atoms with van der Waals surface area (Å²) in [5.74, 6) is 0.0661. The van der Waals surface area contributed by atoms with E-state index in [-0.39, 0.29) is 11.7 Å². The molecule has 0 saturated carbocycles. The number of halogens is 1. The first-order chi connectivity index (χ1) is 15.3. The van der Waals surface area contributed by atoms with Crippen LogP contribution < -0.4 is 19.6 Å². The minimum absolute atomic E-state index is 0.212. The Morgan fingerprint density at radius 3 is 2.75 bits per heavy atom. The highest BCUT2D eigenvalue weighted by atomic mass is 79.9. The first-order valence-electron chi connectivity index (χ1n) is 9.90. The predicted octanol–water partition coefficient (Wildman–Crippen LogP) is 4.02. The molecule has 0 radical (unpaired) electrons. The van der Waals surface area contributed by atoms with Crippen LogP contribution in [-0.2, 0) is 9.53 Å². The van der Waals surface area contributed by atoms with Crippen LogP contribution in [0.2, 0.25) is 0 Å². The molecule has 0 saturated heterocycles. The fourth-order valence-electron chi connectivity index (χ4n) is 3.58. The van der Waals surface area contributed by atoms with Crippen molar-refractivity contribution in [2.24, 2.45) is 4.99 Å². The van der Waals surface area contributed by atoms with Gasteiger partial charge in [0.25, 0.3) is 5.56 Å². The summed E-state index contributed by atoms with van der Waals surface area (Å²) in [6.45, 7) is 5.35. The van der Waals surface area contributed by atoms with E-state index >= 15 is 0 Å². The molecular weight excluding hydrogens is 512 g/mol. The zero-order chi connectivity index (χ0) is 23.0. The highest BCUT2D eigenvalue weighted by molar-refractivity contribution is 9.10. The van der Waals surface area contributed by atoms with Crippen molar-refractivity contribution in [3.05, 3.63) is 81.6 Å². The lowest BCUT2D eigenvalue weighted by atomic mass is 9.95. The van der Waals surface area contributed by atoms with Gasteiger partial charge in [-0.15, -0.1) is 11.3 Å². The van der Waals surface area contributed by atoms with E-state index < -0.39 is 12.0 Å². The minimum Gasteiger partial charge on any atom is -0.496 e. The molecule has 1 aromatic carbocycles. The molecule has 1 atom stereocenters. The summed E-state index contributed by atoms with van der Waals surface area (Å²) in [5.41, 5.74) is 1.31.